The lowest BCUT2D eigenvalue weighted by Crippen LogP contribution is -2.26. The first-order valence-corrected chi connectivity index (χ1v) is 8.29. The van der Waals surface area contributed by atoms with Crippen molar-refractivity contribution in [1.29, 1.82) is 0 Å². The van der Waals surface area contributed by atoms with Gasteiger partial charge >= 0.3 is 0 Å². The quantitative estimate of drug-likeness (QED) is 0.617. The Morgan fingerprint density at radius 3 is 2.61 bits per heavy atom. The fourth-order valence-electron chi connectivity index (χ4n) is 3.54. The van der Waals surface area contributed by atoms with E-state index < -0.39 is 5.54 Å². The monoisotopic (exact) mass is 317 g/mol. The molecular weight excluding hydrogens is 294 g/mol. The number of rotatable bonds is 5. The summed E-state index contributed by atoms with van der Waals surface area (Å²) in [6, 6.07) is 5.90. The maximum atomic E-state index is 10.9. The van der Waals surface area contributed by atoms with E-state index in [4.69, 9.17) is 14.2 Å². The first-order valence-electron chi connectivity index (χ1n) is 8.29. The van der Waals surface area contributed by atoms with Crippen LogP contribution in [-0.2, 0) is 15.1 Å². The van der Waals surface area contributed by atoms with Crippen molar-refractivity contribution in [1.82, 2.24) is 0 Å². The number of hydrogen-bond donors (Lipinski definition) is 0. The molecule has 1 heterocycles. The second kappa shape index (κ2) is 7.16. The minimum atomic E-state index is -0.438. The topological polar surface area (TPSA) is 57.1 Å². The lowest BCUT2D eigenvalue weighted by molar-refractivity contribution is 0.0245. The van der Waals surface area contributed by atoms with E-state index in [1.165, 1.54) is 0 Å². The number of benzene rings is 1. The van der Waals surface area contributed by atoms with Gasteiger partial charge in [-0.25, -0.2) is 4.79 Å². The molecular formula is C18H23NO4. The van der Waals surface area contributed by atoms with Gasteiger partial charge in [0.1, 0.15) is 6.10 Å². The molecule has 124 valence electrons. The van der Waals surface area contributed by atoms with E-state index in [0.29, 0.717) is 5.75 Å². The molecule has 1 aliphatic carbocycles. The Labute approximate surface area is 136 Å². The molecule has 1 aromatic carbocycles. The third kappa shape index (κ3) is 3.41. The molecule has 2 fully saturated rings. The average Bonchev–Trinajstić information content (AvgIpc) is 3.06. The number of isocyanates is 1. The van der Waals surface area contributed by atoms with Gasteiger partial charge in [0.05, 0.1) is 25.9 Å². The summed E-state index contributed by atoms with van der Waals surface area (Å²) >= 11 is 0. The van der Waals surface area contributed by atoms with Gasteiger partial charge in [0.15, 0.2) is 11.5 Å². The molecule has 0 radical (unpaired) electrons. The van der Waals surface area contributed by atoms with Crippen molar-refractivity contribution in [3.63, 3.8) is 0 Å². The van der Waals surface area contributed by atoms with Crippen LogP contribution in [0.2, 0.25) is 0 Å². The third-order valence-electron chi connectivity index (χ3n) is 4.85. The highest BCUT2D eigenvalue weighted by atomic mass is 16.5. The van der Waals surface area contributed by atoms with Gasteiger partial charge in [-0.2, -0.15) is 4.99 Å². The zero-order valence-corrected chi connectivity index (χ0v) is 13.5. The summed E-state index contributed by atoms with van der Waals surface area (Å²) in [6.45, 7) is 1.48. The molecule has 23 heavy (non-hydrogen) atoms. The van der Waals surface area contributed by atoms with Gasteiger partial charge in [0.2, 0.25) is 6.08 Å². The van der Waals surface area contributed by atoms with E-state index >= 15 is 0 Å². The summed E-state index contributed by atoms with van der Waals surface area (Å²) in [5, 5.41) is 0. The second-order valence-electron chi connectivity index (χ2n) is 6.24. The lowest BCUT2D eigenvalue weighted by Gasteiger charge is -2.26. The van der Waals surface area contributed by atoms with Gasteiger partial charge in [0, 0.05) is 12.8 Å². The van der Waals surface area contributed by atoms with Crippen LogP contribution in [0.5, 0.6) is 11.5 Å². The van der Waals surface area contributed by atoms with Crippen LogP contribution in [-0.4, -0.2) is 32.5 Å². The molecule has 0 aromatic heterocycles. The highest BCUT2D eigenvalue weighted by Gasteiger charge is 2.36. The number of ether oxygens (including phenoxy) is 3. The molecule has 1 saturated heterocycles. The Balaban J connectivity index is 1.85. The van der Waals surface area contributed by atoms with E-state index in [1.54, 1.807) is 13.2 Å². The first kappa shape index (κ1) is 16.0. The van der Waals surface area contributed by atoms with Crippen LogP contribution >= 0.6 is 0 Å². The number of carbonyl (C=O) groups excluding carboxylic acids is 1. The molecule has 0 N–H and O–H groups in total. The Hall–Kier alpha value is -1.84. The van der Waals surface area contributed by atoms with Crippen LogP contribution in [0.1, 0.15) is 44.1 Å². The molecule has 2 aliphatic rings. The van der Waals surface area contributed by atoms with Gasteiger partial charge in [-0.15, -0.1) is 0 Å². The third-order valence-corrected chi connectivity index (χ3v) is 4.85. The molecule has 0 atom stereocenters. The van der Waals surface area contributed by atoms with Crippen molar-refractivity contribution in [3.05, 3.63) is 23.8 Å². The smallest absolute Gasteiger partial charge is 0.235 e. The van der Waals surface area contributed by atoms with Crippen LogP contribution < -0.4 is 9.47 Å². The van der Waals surface area contributed by atoms with Gasteiger partial charge in [-0.3, -0.25) is 0 Å². The van der Waals surface area contributed by atoms with Crippen LogP contribution in [0.25, 0.3) is 0 Å². The molecule has 0 spiro atoms. The number of methoxy groups -OCH3 is 1. The summed E-state index contributed by atoms with van der Waals surface area (Å²) in [7, 11) is 1.64. The Kier molecular flexibility index (Phi) is 4.99. The van der Waals surface area contributed by atoms with E-state index in [0.717, 1.165) is 63.1 Å². The molecule has 1 aromatic rings. The minimum Gasteiger partial charge on any atom is -0.493 e. The Morgan fingerprint density at radius 2 is 1.96 bits per heavy atom. The molecule has 5 nitrogen and oxygen atoms in total. The number of hydrogen-bond acceptors (Lipinski definition) is 5. The normalized spacial score (nSPS) is 20.7. The summed E-state index contributed by atoms with van der Waals surface area (Å²) in [5.74, 6) is 1.44. The van der Waals surface area contributed by atoms with Crippen molar-refractivity contribution in [2.45, 2.75) is 50.2 Å². The van der Waals surface area contributed by atoms with E-state index in [2.05, 4.69) is 4.99 Å². The van der Waals surface area contributed by atoms with Crippen molar-refractivity contribution < 1.29 is 19.0 Å². The van der Waals surface area contributed by atoms with Gasteiger partial charge < -0.3 is 14.2 Å². The lowest BCUT2D eigenvalue weighted by atomic mass is 9.88. The maximum absolute atomic E-state index is 10.9. The van der Waals surface area contributed by atoms with Crippen LogP contribution in [0.3, 0.4) is 0 Å². The first-order chi connectivity index (χ1) is 11.3. The Morgan fingerprint density at radius 1 is 1.22 bits per heavy atom. The van der Waals surface area contributed by atoms with E-state index in [1.807, 2.05) is 18.2 Å². The second-order valence-corrected chi connectivity index (χ2v) is 6.24. The van der Waals surface area contributed by atoms with E-state index in [9.17, 15) is 4.79 Å². The fourth-order valence-corrected chi connectivity index (χ4v) is 3.54. The Bertz CT molecular complexity index is 583. The maximum Gasteiger partial charge on any atom is 0.235 e. The predicted molar refractivity (Wildman–Crippen MR) is 85.7 cm³/mol. The standard InChI is InChI=1S/C18H23NO4/c1-21-17-12-14(18(19-13-20)8-2-3-9-18)4-5-16(17)23-15-6-10-22-11-7-15/h4-5,12,15H,2-3,6-11H2,1H3. The average molecular weight is 317 g/mol. The largest absolute Gasteiger partial charge is 0.493 e. The van der Waals surface area contributed by atoms with Crippen molar-refractivity contribution in [3.8, 4) is 11.5 Å². The van der Waals surface area contributed by atoms with Crippen molar-refractivity contribution in [2.75, 3.05) is 20.3 Å². The SMILES string of the molecule is COc1cc(C2(N=C=O)CCCC2)ccc1OC1CCOCC1. The summed E-state index contributed by atoms with van der Waals surface area (Å²) in [5.41, 5.74) is 0.571. The molecule has 1 saturated carbocycles. The highest BCUT2D eigenvalue weighted by Crippen LogP contribution is 2.44. The summed E-state index contributed by atoms with van der Waals surface area (Å²) in [6.07, 6.45) is 7.62. The van der Waals surface area contributed by atoms with Crippen LogP contribution in [0.15, 0.2) is 23.2 Å². The van der Waals surface area contributed by atoms with E-state index in [-0.39, 0.29) is 6.10 Å². The fraction of sp³-hybridized carbons (Fsp3) is 0.611. The molecule has 5 heteroatoms. The molecule has 0 unspecified atom stereocenters. The number of aliphatic imine (C=N–C) groups is 1. The van der Waals surface area contributed by atoms with Crippen molar-refractivity contribution >= 4 is 6.08 Å². The minimum absolute atomic E-state index is 0.164. The summed E-state index contributed by atoms with van der Waals surface area (Å²) in [4.78, 5) is 15.0. The zero-order valence-electron chi connectivity index (χ0n) is 13.5. The van der Waals surface area contributed by atoms with Gasteiger partial charge in [0.25, 0.3) is 0 Å². The molecule has 0 bridgehead atoms. The highest BCUT2D eigenvalue weighted by molar-refractivity contribution is 5.47. The van der Waals surface area contributed by atoms with Crippen LogP contribution in [0, 0.1) is 0 Å². The van der Waals surface area contributed by atoms with Gasteiger partial charge in [-0.05, 0) is 30.5 Å². The van der Waals surface area contributed by atoms with Crippen LogP contribution in [0.4, 0.5) is 0 Å². The van der Waals surface area contributed by atoms with Crippen molar-refractivity contribution in [2.24, 2.45) is 4.99 Å². The molecule has 1 aliphatic heterocycles. The van der Waals surface area contributed by atoms with Gasteiger partial charge in [-0.1, -0.05) is 18.9 Å². The number of nitrogens with zero attached hydrogens (tertiary/aromatic N) is 1. The molecule has 0 amide bonds. The predicted octanol–water partition coefficient (Wildman–Crippen LogP) is 3.36. The summed E-state index contributed by atoms with van der Waals surface area (Å²) < 4.78 is 16.9. The zero-order chi connectivity index (χ0) is 16.1. The molecule has 3 rings (SSSR count).